The van der Waals surface area contributed by atoms with Gasteiger partial charge in [0.05, 0.1) is 11.9 Å². The lowest BCUT2D eigenvalue weighted by molar-refractivity contribution is -0.139. The van der Waals surface area contributed by atoms with Crippen LogP contribution < -0.4 is 9.62 Å². The van der Waals surface area contributed by atoms with Crippen LogP contribution in [0, 0.1) is 12.7 Å². The van der Waals surface area contributed by atoms with Crippen molar-refractivity contribution in [1.29, 1.82) is 0 Å². The highest BCUT2D eigenvalue weighted by Crippen LogP contribution is 2.26. The minimum Gasteiger partial charge on any atom is -0.355 e. The van der Waals surface area contributed by atoms with E-state index in [-0.39, 0.29) is 12.5 Å². The van der Waals surface area contributed by atoms with Crippen molar-refractivity contribution >= 4 is 39.1 Å². The molecule has 32 heavy (non-hydrogen) atoms. The van der Waals surface area contributed by atoms with Gasteiger partial charge in [0.15, 0.2) is 0 Å². The molecule has 0 spiro atoms. The molecule has 2 aromatic carbocycles. The number of halogens is 2. The lowest BCUT2D eigenvalue weighted by Gasteiger charge is -2.31. The van der Waals surface area contributed by atoms with Crippen LogP contribution in [0.3, 0.4) is 0 Å². The maximum absolute atomic E-state index is 13.3. The fourth-order valence-corrected chi connectivity index (χ4v) is 4.32. The zero-order chi connectivity index (χ0) is 24.1. The van der Waals surface area contributed by atoms with Gasteiger partial charge < -0.3 is 10.2 Å². The highest BCUT2D eigenvalue weighted by molar-refractivity contribution is 7.92. The predicted octanol–water partition coefficient (Wildman–Crippen LogP) is 3.11. The predicted molar refractivity (Wildman–Crippen MR) is 123 cm³/mol. The fourth-order valence-electron chi connectivity index (χ4n) is 3.18. The van der Waals surface area contributed by atoms with Crippen molar-refractivity contribution in [3.63, 3.8) is 0 Å². The second-order valence-corrected chi connectivity index (χ2v) is 9.76. The Bertz CT molecular complexity index is 1080. The first-order chi connectivity index (χ1) is 14.9. The van der Waals surface area contributed by atoms with E-state index >= 15 is 0 Å². The summed E-state index contributed by atoms with van der Waals surface area (Å²) in [5, 5.41) is 3.11. The number of sulfonamides is 1. The van der Waals surface area contributed by atoms with Gasteiger partial charge in [-0.1, -0.05) is 23.7 Å². The van der Waals surface area contributed by atoms with Gasteiger partial charge in [0, 0.05) is 18.1 Å². The molecule has 10 heteroatoms. The normalized spacial score (nSPS) is 12.2. The first-order valence-electron chi connectivity index (χ1n) is 9.99. The third-order valence-corrected chi connectivity index (χ3v) is 6.25. The van der Waals surface area contributed by atoms with E-state index < -0.39 is 34.3 Å². The zero-order valence-corrected chi connectivity index (χ0v) is 20.0. The van der Waals surface area contributed by atoms with Gasteiger partial charge in [0.1, 0.15) is 18.4 Å². The molecule has 2 aromatic rings. The number of amides is 2. The number of benzene rings is 2. The van der Waals surface area contributed by atoms with E-state index in [2.05, 4.69) is 5.32 Å². The maximum atomic E-state index is 13.3. The van der Waals surface area contributed by atoms with Gasteiger partial charge in [0.2, 0.25) is 21.8 Å². The van der Waals surface area contributed by atoms with Gasteiger partial charge >= 0.3 is 0 Å². The Kier molecular flexibility index (Phi) is 8.63. The molecule has 174 valence electrons. The average molecular weight is 484 g/mol. The molecule has 0 radical (unpaired) electrons. The average Bonchev–Trinajstić information content (AvgIpc) is 2.71. The number of carbonyl (C=O) groups is 2. The van der Waals surface area contributed by atoms with Crippen molar-refractivity contribution in [2.45, 2.75) is 33.4 Å². The van der Waals surface area contributed by atoms with Crippen LogP contribution in [-0.4, -0.2) is 50.5 Å². The van der Waals surface area contributed by atoms with Crippen LogP contribution in [0.4, 0.5) is 10.1 Å². The Morgan fingerprint density at radius 3 is 2.31 bits per heavy atom. The number of likely N-dealkylation sites (N-methyl/N-ethyl adjacent to an activating group) is 1. The number of hydrogen-bond acceptors (Lipinski definition) is 4. The summed E-state index contributed by atoms with van der Waals surface area (Å²) in [5.74, 6) is -1.38. The zero-order valence-electron chi connectivity index (χ0n) is 18.4. The SMILES string of the molecule is CCNC(=O)[C@@H](C)N(Cc1ccc(F)cc1)C(=O)CN(c1ccc(Cl)cc1C)S(C)(=O)=O. The van der Waals surface area contributed by atoms with Crippen LogP contribution >= 0.6 is 11.6 Å². The smallest absolute Gasteiger partial charge is 0.244 e. The quantitative estimate of drug-likeness (QED) is 0.593. The number of nitrogens with zero attached hydrogens (tertiary/aromatic N) is 2. The van der Waals surface area contributed by atoms with E-state index in [0.29, 0.717) is 28.4 Å². The van der Waals surface area contributed by atoms with E-state index in [1.54, 1.807) is 32.9 Å². The molecule has 0 aliphatic carbocycles. The minimum atomic E-state index is -3.82. The molecular weight excluding hydrogens is 457 g/mol. The fraction of sp³-hybridized carbons (Fsp3) is 0.364. The second-order valence-electron chi connectivity index (χ2n) is 7.42. The molecule has 1 N–H and O–H groups in total. The number of nitrogens with one attached hydrogen (secondary N) is 1. The molecule has 0 aliphatic rings. The Hall–Kier alpha value is -2.65. The molecule has 0 saturated heterocycles. The van der Waals surface area contributed by atoms with E-state index in [9.17, 15) is 22.4 Å². The molecule has 2 rings (SSSR count). The molecule has 0 bridgehead atoms. The monoisotopic (exact) mass is 483 g/mol. The van der Waals surface area contributed by atoms with E-state index in [0.717, 1.165) is 10.6 Å². The van der Waals surface area contributed by atoms with Crippen LogP contribution in [0.2, 0.25) is 5.02 Å². The van der Waals surface area contributed by atoms with Crippen molar-refractivity contribution in [3.05, 3.63) is 64.4 Å². The first kappa shape index (κ1) is 25.6. The summed E-state index contributed by atoms with van der Waals surface area (Å²) in [6, 6.07) is 9.34. The summed E-state index contributed by atoms with van der Waals surface area (Å²) >= 11 is 5.99. The van der Waals surface area contributed by atoms with E-state index in [4.69, 9.17) is 11.6 Å². The summed E-state index contributed by atoms with van der Waals surface area (Å²) in [7, 11) is -3.82. The van der Waals surface area contributed by atoms with Crippen molar-refractivity contribution in [2.24, 2.45) is 0 Å². The molecule has 1 atom stereocenters. The third-order valence-electron chi connectivity index (χ3n) is 4.89. The Balaban J connectivity index is 2.40. The number of rotatable bonds is 9. The van der Waals surface area contributed by atoms with Gasteiger partial charge in [-0.25, -0.2) is 12.8 Å². The third kappa shape index (κ3) is 6.67. The lowest BCUT2D eigenvalue weighted by atomic mass is 10.1. The van der Waals surface area contributed by atoms with Gasteiger partial charge in [-0.15, -0.1) is 0 Å². The summed E-state index contributed by atoms with van der Waals surface area (Å²) < 4.78 is 39.3. The van der Waals surface area contributed by atoms with Gasteiger partial charge in [-0.05, 0) is 62.2 Å². The van der Waals surface area contributed by atoms with Crippen molar-refractivity contribution in [1.82, 2.24) is 10.2 Å². The topological polar surface area (TPSA) is 86.8 Å². The Morgan fingerprint density at radius 1 is 1.16 bits per heavy atom. The van der Waals surface area contributed by atoms with Crippen LogP contribution in [0.15, 0.2) is 42.5 Å². The summed E-state index contributed by atoms with van der Waals surface area (Å²) in [6.45, 7) is 4.88. The lowest BCUT2D eigenvalue weighted by Crippen LogP contribution is -2.51. The van der Waals surface area contributed by atoms with Crippen LogP contribution in [0.25, 0.3) is 0 Å². The van der Waals surface area contributed by atoms with E-state index in [1.807, 2.05) is 0 Å². The summed E-state index contributed by atoms with van der Waals surface area (Å²) in [5.41, 5.74) is 1.50. The molecule has 0 saturated carbocycles. The molecule has 0 aromatic heterocycles. The highest BCUT2D eigenvalue weighted by Gasteiger charge is 2.30. The molecule has 0 aliphatic heterocycles. The number of carbonyl (C=O) groups excluding carboxylic acids is 2. The molecule has 7 nitrogen and oxygen atoms in total. The molecule has 0 unspecified atom stereocenters. The molecule has 2 amide bonds. The van der Waals surface area contributed by atoms with Crippen LogP contribution in [-0.2, 0) is 26.2 Å². The van der Waals surface area contributed by atoms with Crippen molar-refractivity contribution in [2.75, 3.05) is 23.7 Å². The second kappa shape index (κ2) is 10.8. The Labute approximate surface area is 193 Å². The minimum absolute atomic E-state index is 0.00855. The standard InChI is InChI=1S/C22H27ClFN3O4S/c1-5-25-22(29)16(3)26(13-17-6-9-19(24)10-7-17)21(28)14-27(32(4,30)31)20-11-8-18(23)12-15(20)2/h6-12,16H,5,13-14H2,1-4H3,(H,25,29)/t16-/m1/s1. The van der Waals surface area contributed by atoms with Gasteiger partial charge in [-0.2, -0.15) is 0 Å². The Morgan fingerprint density at radius 2 is 1.78 bits per heavy atom. The van der Waals surface area contributed by atoms with Gasteiger partial charge in [0.25, 0.3) is 0 Å². The number of anilines is 1. The van der Waals surface area contributed by atoms with Crippen molar-refractivity contribution in [3.8, 4) is 0 Å². The van der Waals surface area contributed by atoms with Gasteiger partial charge in [-0.3, -0.25) is 13.9 Å². The number of aryl methyl sites for hydroxylation is 1. The van der Waals surface area contributed by atoms with Crippen molar-refractivity contribution < 1.29 is 22.4 Å². The maximum Gasteiger partial charge on any atom is 0.244 e. The molecule has 0 heterocycles. The van der Waals surface area contributed by atoms with E-state index in [1.165, 1.54) is 35.2 Å². The summed E-state index contributed by atoms with van der Waals surface area (Å²) in [6.07, 6.45) is 1.01. The van der Waals surface area contributed by atoms with Crippen LogP contribution in [0.1, 0.15) is 25.0 Å². The largest absolute Gasteiger partial charge is 0.355 e. The summed E-state index contributed by atoms with van der Waals surface area (Å²) in [4.78, 5) is 27.1. The van der Waals surface area contributed by atoms with Crippen LogP contribution in [0.5, 0.6) is 0 Å². The molecule has 0 fully saturated rings. The number of hydrogen-bond donors (Lipinski definition) is 1. The first-order valence-corrected chi connectivity index (χ1v) is 12.2. The highest BCUT2D eigenvalue weighted by atomic mass is 35.5. The molecular formula is C22H27ClFN3O4S.